The van der Waals surface area contributed by atoms with Crippen LogP contribution in [0.1, 0.15) is 52.4 Å². The van der Waals surface area contributed by atoms with Gasteiger partial charge in [0, 0.05) is 0 Å². The summed E-state index contributed by atoms with van der Waals surface area (Å²) in [6, 6.07) is 0. The van der Waals surface area contributed by atoms with E-state index in [4.69, 9.17) is 10.1 Å². The SMILES string of the molecule is CCCCCCCCOC(=O)C(C)=N. The maximum Gasteiger partial charge on any atom is 0.351 e. The van der Waals surface area contributed by atoms with Gasteiger partial charge in [0.05, 0.1) is 6.61 Å². The van der Waals surface area contributed by atoms with Crippen molar-refractivity contribution in [3.63, 3.8) is 0 Å². The Morgan fingerprint density at radius 2 is 1.71 bits per heavy atom. The predicted octanol–water partition coefficient (Wildman–Crippen LogP) is 2.93. The third-order valence-corrected chi connectivity index (χ3v) is 2.04. The van der Waals surface area contributed by atoms with Crippen LogP contribution < -0.4 is 0 Å². The summed E-state index contributed by atoms with van der Waals surface area (Å²) in [5, 5.41) is 7.00. The molecule has 0 unspecified atom stereocenters. The second kappa shape index (κ2) is 8.73. The molecule has 0 aromatic rings. The first-order chi connectivity index (χ1) is 6.68. The van der Waals surface area contributed by atoms with Gasteiger partial charge >= 0.3 is 5.97 Å². The molecule has 0 saturated heterocycles. The molecule has 14 heavy (non-hydrogen) atoms. The minimum atomic E-state index is -0.487. The largest absolute Gasteiger partial charge is 0.461 e. The van der Waals surface area contributed by atoms with Gasteiger partial charge in [-0.05, 0) is 13.3 Å². The third kappa shape index (κ3) is 7.77. The quantitative estimate of drug-likeness (QED) is 0.371. The van der Waals surface area contributed by atoms with Crippen molar-refractivity contribution in [2.75, 3.05) is 6.61 Å². The topological polar surface area (TPSA) is 50.2 Å². The van der Waals surface area contributed by atoms with Crippen molar-refractivity contribution < 1.29 is 9.53 Å². The molecule has 0 saturated carbocycles. The second-order valence-corrected chi connectivity index (χ2v) is 3.53. The third-order valence-electron chi connectivity index (χ3n) is 2.04. The van der Waals surface area contributed by atoms with Gasteiger partial charge in [-0.2, -0.15) is 0 Å². The summed E-state index contributed by atoms with van der Waals surface area (Å²) < 4.78 is 4.85. The van der Waals surface area contributed by atoms with Crippen LogP contribution in [0.15, 0.2) is 0 Å². The van der Waals surface area contributed by atoms with Gasteiger partial charge in [-0.1, -0.05) is 39.0 Å². The fourth-order valence-electron chi connectivity index (χ4n) is 1.16. The van der Waals surface area contributed by atoms with E-state index in [2.05, 4.69) is 6.92 Å². The Morgan fingerprint density at radius 3 is 2.29 bits per heavy atom. The van der Waals surface area contributed by atoms with Crippen LogP contribution in [-0.2, 0) is 9.53 Å². The Morgan fingerprint density at radius 1 is 1.14 bits per heavy atom. The van der Waals surface area contributed by atoms with Crippen LogP contribution in [0.4, 0.5) is 0 Å². The van der Waals surface area contributed by atoms with E-state index in [1.807, 2.05) is 0 Å². The summed E-state index contributed by atoms with van der Waals surface area (Å²) in [6.45, 7) is 4.10. The highest BCUT2D eigenvalue weighted by molar-refractivity contribution is 6.33. The number of rotatable bonds is 8. The first kappa shape index (κ1) is 13.1. The fourth-order valence-corrected chi connectivity index (χ4v) is 1.16. The van der Waals surface area contributed by atoms with Crippen molar-refractivity contribution in [3.05, 3.63) is 0 Å². The number of hydrogen-bond acceptors (Lipinski definition) is 3. The Hall–Kier alpha value is -0.860. The molecule has 0 fully saturated rings. The van der Waals surface area contributed by atoms with E-state index in [0.29, 0.717) is 6.61 Å². The van der Waals surface area contributed by atoms with Gasteiger partial charge < -0.3 is 4.74 Å². The van der Waals surface area contributed by atoms with E-state index in [9.17, 15) is 4.79 Å². The molecule has 0 rings (SSSR count). The van der Waals surface area contributed by atoms with E-state index in [0.717, 1.165) is 12.8 Å². The summed E-state index contributed by atoms with van der Waals surface area (Å²) in [6.07, 6.45) is 7.07. The first-order valence-electron chi connectivity index (χ1n) is 5.40. The van der Waals surface area contributed by atoms with Crippen molar-refractivity contribution in [2.24, 2.45) is 0 Å². The van der Waals surface area contributed by atoms with Gasteiger partial charge in [0.1, 0.15) is 5.71 Å². The van der Waals surface area contributed by atoms with E-state index in [1.54, 1.807) is 0 Å². The molecule has 0 spiro atoms. The lowest BCUT2D eigenvalue weighted by Gasteiger charge is -2.03. The monoisotopic (exact) mass is 199 g/mol. The molecule has 0 bridgehead atoms. The summed E-state index contributed by atoms with van der Waals surface area (Å²) in [5.74, 6) is -0.487. The zero-order valence-corrected chi connectivity index (χ0v) is 9.27. The number of carbonyl (C=O) groups excluding carboxylic acids is 1. The molecular formula is C11H21NO2. The van der Waals surface area contributed by atoms with Crippen LogP contribution in [0.2, 0.25) is 0 Å². The molecule has 1 N–H and O–H groups in total. The standard InChI is InChI=1S/C11H21NO2/c1-3-4-5-6-7-8-9-14-11(13)10(2)12/h12H,3-9H2,1-2H3. The predicted molar refractivity (Wildman–Crippen MR) is 57.7 cm³/mol. The summed E-state index contributed by atoms with van der Waals surface area (Å²) in [7, 11) is 0. The molecule has 0 aliphatic rings. The Labute approximate surface area is 86.3 Å². The fraction of sp³-hybridized carbons (Fsp3) is 0.818. The van der Waals surface area contributed by atoms with E-state index in [-0.39, 0.29) is 5.71 Å². The maximum absolute atomic E-state index is 10.8. The Kier molecular flexibility index (Phi) is 8.19. The molecule has 3 nitrogen and oxygen atoms in total. The maximum atomic E-state index is 10.8. The van der Waals surface area contributed by atoms with Crippen LogP contribution in [-0.4, -0.2) is 18.3 Å². The lowest BCUT2D eigenvalue weighted by atomic mass is 10.1. The number of ether oxygens (including phenoxy) is 1. The number of nitrogens with one attached hydrogen (secondary N) is 1. The van der Waals surface area contributed by atoms with Crippen LogP contribution in [0, 0.1) is 5.41 Å². The van der Waals surface area contributed by atoms with Crippen molar-refractivity contribution in [1.82, 2.24) is 0 Å². The highest BCUT2D eigenvalue weighted by Gasteiger charge is 2.03. The van der Waals surface area contributed by atoms with E-state index < -0.39 is 5.97 Å². The highest BCUT2D eigenvalue weighted by atomic mass is 16.5. The van der Waals surface area contributed by atoms with Crippen molar-refractivity contribution in [2.45, 2.75) is 52.4 Å². The molecule has 0 amide bonds. The normalized spacial score (nSPS) is 9.86. The summed E-state index contributed by atoms with van der Waals surface area (Å²) in [4.78, 5) is 10.8. The molecule has 0 aliphatic heterocycles. The second-order valence-electron chi connectivity index (χ2n) is 3.53. The molecule has 0 aromatic heterocycles. The first-order valence-corrected chi connectivity index (χ1v) is 5.40. The van der Waals surface area contributed by atoms with Crippen molar-refractivity contribution >= 4 is 11.7 Å². The molecule has 0 radical (unpaired) electrons. The lowest BCUT2D eigenvalue weighted by molar-refractivity contribution is -0.135. The van der Waals surface area contributed by atoms with Crippen LogP contribution in [0.5, 0.6) is 0 Å². The molecule has 0 heterocycles. The molecule has 82 valence electrons. The van der Waals surface area contributed by atoms with Gasteiger partial charge in [-0.3, -0.25) is 5.41 Å². The Bertz CT molecular complexity index is 178. The molecule has 0 atom stereocenters. The molecule has 3 heteroatoms. The van der Waals surface area contributed by atoms with Crippen LogP contribution in [0.25, 0.3) is 0 Å². The molecular weight excluding hydrogens is 178 g/mol. The van der Waals surface area contributed by atoms with Gasteiger partial charge in [0.15, 0.2) is 0 Å². The minimum absolute atomic E-state index is 0.0176. The zero-order chi connectivity index (χ0) is 10.8. The van der Waals surface area contributed by atoms with Gasteiger partial charge in [-0.25, -0.2) is 4.79 Å². The summed E-state index contributed by atoms with van der Waals surface area (Å²) in [5.41, 5.74) is -0.0176. The Balaban J connectivity index is 3.13. The van der Waals surface area contributed by atoms with Crippen LogP contribution >= 0.6 is 0 Å². The van der Waals surface area contributed by atoms with Gasteiger partial charge in [-0.15, -0.1) is 0 Å². The number of esters is 1. The minimum Gasteiger partial charge on any atom is -0.461 e. The average Bonchev–Trinajstić information content (AvgIpc) is 2.16. The average molecular weight is 199 g/mol. The van der Waals surface area contributed by atoms with E-state index in [1.165, 1.54) is 32.6 Å². The smallest absolute Gasteiger partial charge is 0.351 e. The van der Waals surface area contributed by atoms with Gasteiger partial charge in [0.25, 0.3) is 0 Å². The van der Waals surface area contributed by atoms with E-state index >= 15 is 0 Å². The molecule has 0 aliphatic carbocycles. The highest BCUT2D eigenvalue weighted by Crippen LogP contribution is 2.04. The zero-order valence-electron chi connectivity index (χ0n) is 9.27. The number of unbranched alkanes of at least 4 members (excludes halogenated alkanes) is 5. The van der Waals surface area contributed by atoms with Crippen molar-refractivity contribution in [3.8, 4) is 0 Å². The molecule has 0 aromatic carbocycles. The van der Waals surface area contributed by atoms with Crippen molar-refractivity contribution in [1.29, 1.82) is 5.41 Å². The number of carbonyl (C=O) groups is 1. The van der Waals surface area contributed by atoms with Gasteiger partial charge in [0.2, 0.25) is 0 Å². The lowest BCUT2D eigenvalue weighted by Crippen LogP contribution is -2.13. The summed E-state index contributed by atoms with van der Waals surface area (Å²) >= 11 is 0. The number of hydrogen-bond donors (Lipinski definition) is 1. The van der Waals surface area contributed by atoms with Crippen LogP contribution in [0.3, 0.4) is 0 Å².